The van der Waals surface area contributed by atoms with E-state index >= 15 is 0 Å². The van der Waals surface area contributed by atoms with Gasteiger partial charge < -0.3 is 4.90 Å². The molecule has 92 valence electrons. The van der Waals surface area contributed by atoms with E-state index in [0.717, 1.165) is 0 Å². The highest BCUT2D eigenvalue weighted by Crippen LogP contribution is 2.08. The largest absolute Gasteiger partial charge is 0.336 e. The summed E-state index contributed by atoms with van der Waals surface area (Å²) >= 11 is 0. The van der Waals surface area contributed by atoms with E-state index in [9.17, 15) is 9.18 Å². The van der Waals surface area contributed by atoms with Crippen LogP contribution in [0.2, 0.25) is 0 Å². The predicted molar refractivity (Wildman–Crippen MR) is 60.6 cm³/mol. The maximum atomic E-state index is 13.4. The van der Waals surface area contributed by atoms with Crippen LogP contribution in [0.25, 0.3) is 0 Å². The van der Waals surface area contributed by atoms with Gasteiger partial charge >= 0.3 is 0 Å². The Morgan fingerprint density at radius 1 is 1.33 bits per heavy atom. The number of amides is 1. The van der Waals surface area contributed by atoms with Gasteiger partial charge in [-0.25, -0.2) is 4.98 Å². The Labute approximate surface area is 104 Å². The van der Waals surface area contributed by atoms with E-state index < -0.39 is 11.9 Å². The van der Waals surface area contributed by atoms with Crippen molar-refractivity contribution in [3.05, 3.63) is 29.8 Å². The van der Waals surface area contributed by atoms with Crippen LogP contribution in [0.1, 0.15) is 23.2 Å². The monoisotopic (exact) mass is 246 g/mol. The van der Waals surface area contributed by atoms with Gasteiger partial charge in [0.2, 0.25) is 5.95 Å². The van der Waals surface area contributed by atoms with Gasteiger partial charge in [0.1, 0.15) is 0 Å². The summed E-state index contributed by atoms with van der Waals surface area (Å²) in [5.74, 6) is -1.40. The van der Waals surface area contributed by atoms with E-state index in [0.29, 0.717) is 0 Å². The van der Waals surface area contributed by atoms with Gasteiger partial charge in [-0.3, -0.25) is 4.79 Å². The van der Waals surface area contributed by atoms with Gasteiger partial charge in [-0.2, -0.15) is 14.9 Å². The molecule has 1 amide bonds. The van der Waals surface area contributed by atoms with Crippen LogP contribution in [0.15, 0.2) is 18.3 Å². The van der Waals surface area contributed by atoms with E-state index in [1.165, 1.54) is 23.2 Å². The minimum Gasteiger partial charge on any atom is -0.336 e. The molecule has 0 bridgehead atoms. The Morgan fingerprint density at radius 3 is 2.44 bits per heavy atom. The molecule has 0 aliphatic carbocycles. The van der Waals surface area contributed by atoms with Crippen LogP contribution in [0.5, 0.6) is 0 Å². The summed E-state index contributed by atoms with van der Waals surface area (Å²) in [6, 6.07) is 6.61. The van der Waals surface area contributed by atoms with Gasteiger partial charge in [-0.15, -0.1) is 0 Å². The first-order valence-corrected chi connectivity index (χ1v) is 5.34. The number of halogens is 1. The van der Waals surface area contributed by atoms with Crippen LogP contribution in [0, 0.1) is 28.6 Å². The zero-order valence-electron chi connectivity index (χ0n) is 9.64. The number of rotatable bonds is 5. The zero-order valence-corrected chi connectivity index (χ0v) is 9.64. The SMILES string of the molecule is N#CCCN(CCC#N)C(=O)c1cccnc1F. The Bertz CT molecular complexity index is 486. The van der Waals surface area contributed by atoms with Crippen molar-refractivity contribution < 1.29 is 9.18 Å². The summed E-state index contributed by atoms with van der Waals surface area (Å²) in [4.78, 5) is 16.7. The predicted octanol–water partition coefficient (Wildman–Crippen LogP) is 1.49. The molecule has 0 saturated heterocycles. The smallest absolute Gasteiger partial charge is 0.258 e. The van der Waals surface area contributed by atoms with Crippen LogP contribution >= 0.6 is 0 Å². The Balaban J connectivity index is 2.85. The third-order valence-electron chi connectivity index (χ3n) is 2.26. The lowest BCUT2D eigenvalue weighted by Gasteiger charge is -2.20. The zero-order chi connectivity index (χ0) is 13.4. The quantitative estimate of drug-likeness (QED) is 0.737. The van der Waals surface area contributed by atoms with Gasteiger partial charge in [0.05, 0.1) is 30.5 Å². The molecule has 1 aromatic heterocycles. The number of hydrogen-bond acceptors (Lipinski definition) is 4. The molecule has 0 radical (unpaired) electrons. The molecule has 1 aromatic rings. The highest BCUT2D eigenvalue weighted by molar-refractivity contribution is 5.94. The maximum Gasteiger partial charge on any atom is 0.258 e. The van der Waals surface area contributed by atoms with Crippen molar-refractivity contribution in [3.8, 4) is 12.1 Å². The highest BCUT2D eigenvalue weighted by atomic mass is 19.1. The summed E-state index contributed by atoms with van der Waals surface area (Å²) in [5.41, 5.74) is -0.145. The molecule has 0 N–H and O–H groups in total. The molecule has 0 aliphatic rings. The number of hydrogen-bond donors (Lipinski definition) is 0. The fourth-order valence-corrected chi connectivity index (χ4v) is 1.40. The molecule has 0 spiro atoms. The summed E-state index contributed by atoms with van der Waals surface area (Å²) in [7, 11) is 0. The van der Waals surface area contributed by atoms with Crippen LogP contribution in [0.4, 0.5) is 4.39 Å². The fourth-order valence-electron chi connectivity index (χ4n) is 1.40. The molecule has 5 nitrogen and oxygen atoms in total. The topological polar surface area (TPSA) is 80.8 Å². The summed E-state index contributed by atoms with van der Waals surface area (Å²) in [6.07, 6.45) is 1.53. The third kappa shape index (κ3) is 3.53. The van der Waals surface area contributed by atoms with E-state index in [2.05, 4.69) is 4.98 Å². The van der Waals surface area contributed by atoms with E-state index in [1.54, 1.807) is 0 Å². The summed E-state index contributed by atoms with van der Waals surface area (Å²) in [5, 5.41) is 17.0. The molecule has 18 heavy (non-hydrogen) atoms. The third-order valence-corrected chi connectivity index (χ3v) is 2.26. The van der Waals surface area contributed by atoms with Gasteiger partial charge in [-0.1, -0.05) is 0 Å². The normalized spacial score (nSPS) is 9.28. The lowest BCUT2D eigenvalue weighted by atomic mass is 10.2. The van der Waals surface area contributed by atoms with Crippen molar-refractivity contribution in [1.82, 2.24) is 9.88 Å². The molecule has 6 heteroatoms. The Hall–Kier alpha value is -2.47. The molecule has 1 heterocycles. The van der Waals surface area contributed by atoms with E-state index in [1.807, 2.05) is 12.1 Å². The number of carbonyl (C=O) groups is 1. The van der Waals surface area contributed by atoms with Crippen molar-refractivity contribution in [1.29, 1.82) is 10.5 Å². The Kier molecular flexibility index (Phi) is 5.27. The fraction of sp³-hybridized carbons (Fsp3) is 0.333. The molecular weight excluding hydrogens is 235 g/mol. The summed E-state index contributed by atoms with van der Waals surface area (Å²) in [6.45, 7) is 0.344. The molecule has 0 saturated carbocycles. The highest BCUT2D eigenvalue weighted by Gasteiger charge is 2.19. The number of aromatic nitrogens is 1. The van der Waals surface area contributed by atoms with Gasteiger partial charge in [0.25, 0.3) is 5.91 Å². The van der Waals surface area contributed by atoms with Gasteiger partial charge in [0, 0.05) is 19.3 Å². The first-order valence-electron chi connectivity index (χ1n) is 5.34. The first kappa shape index (κ1) is 13.6. The number of nitrogens with zero attached hydrogens (tertiary/aromatic N) is 4. The first-order chi connectivity index (χ1) is 8.70. The van der Waals surface area contributed by atoms with Crippen LogP contribution in [-0.2, 0) is 0 Å². The van der Waals surface area contributed by atoms with Gasteiger partial charge in [0.15, 0.2) is 0 Å². The van der Waals surface area contributed by atoms with Crippen LogP contribution in [-0.4, -0.2) is 28.9 Å². The molecule has 0 aliphatic heterocycles. The lowest BCUT2D eigenvalue weighted by molar-refractivity contribution is 0.0756. The minimum absolute atomic E-state index is 0.138. The summed E-state index contributed by atoms with van der Waals surface area (Å²) < 4.78 is 13.4. The van der Waals surface area contributed by atoms with Crippen molar-refractivity contribution in [2.75, 3.05) is 13.1 Å². The number of carbonyl (C=O) groups excluding carboxylic acids is 1. The van der Waals surface area contributed by atoms with Crippen LogP contribution in [0.3, 0.4) is 0 Å². The average Bonchev–Trinajstić information content (AvgIpc) is 2.39. The molecular formula is C12H11FN4O. The van der Waals surface area contributed by atoms with E-state index in [-0.39, 0.29) is 31.5 Å². The van der Waals surface area contributed by atoms with E-state index in [4.69, 9.17) is 10.5 Å². The minimum atomic E-state index is -0.846. The van der Waals surface area contributed by atoms with Crippen molar-refractivity contribution in [3.63, 3.8) is 0 Å². The molecule has 0 atom stereocenters. The molecule has 0 aromatic carbocycles. The molecule has 0 unspecified atom stereocenters. The molecule has 1 rings (SSSR count). The second-order valence-electron chi connectivity index (χ2n) is 3.45. The number of nitriles is 2. The van der Waals surface area contributed by atoms with Gasteiger partial charge in [-0.05, 0) is 12.1 Å². The van der Waals surface area contributed by atoms with Crippen molar-refractivity contribution >= 4 is 5.91 Å². The van der Waals surface area contributed by atoms with Crippen molar-refractivity contribution in [2.24, 2.45) is 0 Å². The second-order valence-corrected chi connectivity index (χ2v) is 3.45. The molecule has 0 fully saturated rings. The lowest BCUT2D eigenvalue weighted by Crippen LogP contribution is -2.33. The standard InChI is InChI=1S/C12H11FN4O/c13-11-10(4-1-7-16-11)12(18)17(8-2-5-14)9-3-6-15/h1,4,7H,2-3,8-9H2. The number of pyridine rings is 1. The van der Waals surface area contributed by atoms with Crippen LogP contribution < -0.4 is 0 Å². The average molecular weight is 246 g/mol. The van der Waals surface area contributed by atoms with Crippen molar-refractivity contribution in [2.45, 2.75) is 12.8 Å². The Morgan fingerprint density at radius 2 is 1.94 bits per heavy atom. The second kappa shape index (κ2) is 6.97. The maximum absolute atomic E-state index is 13.4.